The van der Waals surface area contributed by atoms with Gasteiger partial charge in [-0.15, -0.1) is 0 Å². The van der Waals surface area contributed by atoms with Crippen molar-refractivity contribution in [1.82, 2.24) is 9.97 Å². The standard InChI is InChI=1S/C26H31F3N4O/c1-4-5-6-9-16-34-20-14-12-19(13-15-20)31-25-30-17-22(26(27,28)29)24(33-25)32-23-11-8-7-10-21(23)18(2)3/h7-8,10-15,17-18H,4-6,9,16H2,1-3H3,(H2,30,31,32,33). The van der Waals surface area contributed by atoms with Gasteiger partial charge >= 0.3 is 6.18 Å². The van der Waals surface area contributed by atoms with Crippen molar-refractivity contribution in [2.24, 2.45) is 0 Å². The number of para-hydroxylation sites is 1. The first-order valence-electron chi connectivity index (χ1n) is 11.6. The molecule has 0 saturated carbocycles. The van der Waals surface area contributed by atoms with E-state index in [1.165, 1.54) is 12.8 Å². The zero-order valence-corrected chi connectivity index (χ0v) is 19.7. The smallest absolute Gasteiger partial charge is 0.421 e. The van der Waals surface area contributed by atoms with Crippen molar-refractivity contribution in [3.63, 3.8) is 0 Å². The van der Waals surface area contributed by atoms with E-state index in [0.29, 0.717) is 18.0 Å². The van der Waals surface area contributed by atoms with Crippen LogP contribution in [-0.2, 0) is 6.18 Å². The number of benzene rings is 2. The molecule has 0 spiro atoms. The second kappa shape index (κ2) is 11.7. The van der Waals surface area contributed by atoms with Crippen LogP contribution >= 0.6 is 0 Å². The Labute approximate surface area is 198 Å². The van der Waals surface area contributed by atoms with Crippen molar-refractivity contribution in [3.8, 4) is 5.75 Å². The van der Waals surface area contributed by atoms with Crippen LogP contribution in [0.3, 0.4) is 0 Å². The van der Waals surface area contributed by atoms with E-state index >= 15 is 0 Å². The molecule has 0 saturated heterocycles. The van der Waals surface area contributed by atoms with Crippen LogP contribution in [0, 0.1) is 0 Å². The number of nitrogens with one attached hydrogen (secondary N) is 2. The first-order valence-corrected chi connectivity index (χ1v) is 11.6. The number of hydrogen-bond donors (Lipinski definition) is 2. The molecule has 0 bridgehead atoms. The summed E-state index contributed by atoms with van der Waals surface area (Å²) in [7, 11) is 0. The summed E-state index contributed by atoms with van der Waals surface area (Å²) in [5, 5.41) is 5.84. The molecule has 2 aromatic carbocycles. The van der Waals surface area contributed by atoms with Gasteiger partial charge in [0.1, 0.15) is 17.1 Å². The lowest BCUT2D eigenvalue weighted by atomic mass is 10.0. The molecule has 0 radical (unpaired) electrons. The van der Waals surface area contributed by atoms with E-state index < -0.39 is 11.7 Å². The molecule has 1 heterocycles. The van der Waals surface area contributed by atoms with Crippen molar-refractivity contribution in [1.29, 1.82) is 0 Å². The average Bonchev–Trinajstić information content (AvgIpc) is 2.79. The Bertz CT molecular complexity index is 1050. The van der Waals surface area contributed by atoms with E-state index in [2.05, 4.69) is 27.5 Å². The van der Waals surface area contributed by atoms with E-state index in [-0.39, 0.29) is 17.7 Å². The minimum atomic E-state index is -4.59. The van der Waals surface area contributed by atoms with E-state index in [0.717, 1.165) is 30.4 Å². The Morgan fingerprint density at radius 3 is 2.35 bits per heavy atom. The van der Waals surface area contributed by atoms with E-state index in [4.69, 9.17) is 4.74 Å². The van der Waals surface area contributed by atoms with Crippen LogP contribution in [0.25, 0.3) is 0 Å². The lowest BCUT2D eigenvalue weighted by molar-refractivity contribution is -0.137. The van der Waals surface area contributed by atoms with Gasteiger partial charge < -0.3 is 15.4 Å². The topological polar surface area (TPSA) is 59.1 Å². The van der Waals surface area contributed by atoms with E-state index in [9.17, 15) is 13.2 Å². The third kappa shape index (κ3) is 7.10. The van der Waals surface area contributed by atoms with Gasteiger partial charge in [0, 0.05) is 17.6 Å². The maximum atomic E-state index is 13.6. The maximum Gasteiger partial charge on any atom is 0.421 e. The summed E-state index contributed by atoms with van der Waals surface area (Å²) in [5.41, 5.74) is 1.19. The fraction of sp³-hybridized carbons (Fsp3) is 0.385. The minimum absolute atomic E-state index is 0.0609. The highest BCUT2D eigenvalue weighted by Crippen LogP contribution is 2.36. The Balaban J connectivity index is 1.76. The first-order chi connectivity index (χ1) is 16.3. The quantitative estimate of drug-likeness (QED) is 0.276. The predicted octanol–water partition coefficient (Wildman–Crippen LogP) is 8.07. The van der Waals surface area contributed by atoms with Crippen molar-refractivity contribution in [2.75, 3.05) is 17.2 Å². The van der Waals surface area contributed by atoms with E-state index in [1.807, 2.05) is 38.1 Å². The van der Waals surface area contributed by atoms with Gasteiger partial charge in [-0.2, -0.15) is 18.2 Å². The molecule has 0 fully saturated rings. The van der Waals surface area contributed by atoms with Crippen molar-refractivity contribution in [2.45, 2.75) is 58.5 Å². The second-order valence-corrected chi connectivity index (χ2v) is 8.38. The van der Waals surface area contributed by atoms with Crippen LogP contribution in [-0.4, -0.2) is 16.6 Å². The summed E-state index contributed by atoms with van der Waals surface area (Å²) in [6, 6.07) is 14.4. The third-order valence-corrected chi connectivity index (χ3v) is 5.31. The fourth-order valence-electron chi connectivity index (χ4n) is 3.47. The molecule has 8 heteroatoms. The molecule has 0 aliphatic carbocycles. The molecule has 0 amide bonds. The fourth-order valence-corrected chi connectivity index (χ4v) is 3.47. The number of aromatic nitrogens is 2. The molecule has 0 atom stereocenters. The maximum absolute atomic E-state index is 13.6. The van der Waals surface area contributed by atoms with Crippen molar-refractivity contribution < 1.29 is 17.9 Å². The minimum Gasteiger partial charge on any atom is -0.494 e. The molecular weight excluding hydrogens is 441 g/mol. The Hall–Kier alpha value is -3.29. The van der Waals surface area contributed by atoms with Gasteiger partial charge in [0.25, 0.3) is 0 Å². The van der Waals surface area contributed by atoms with Gasteiger partial charge in [-0.1, -0.05) is 58.2 Å². The molecule has 3 aromatic rings. The summed E-state index contributed by atoms with van der Waals surface area (Å²) in [6.45, 7) is 6.78. The zero-order chi connectivity index (χ0) is 24.6. The average molecular weight is 473 g/mol. The monoisotopic (exact) mass is 472 g/mol. The zero-order valence-electron chi connectivity index (χ0n) is 19.7. The van der Waals surface area contributed by atoms with Crippen LogP contribution in [0.4, 0.5) is 36.3 Å². The van der Waals surface area contributed by atoms with E-state index in [1.54, 1.807) is 24.3 Å². The first kappa shape index (κ1) is 25.3. The van der Waals surface area contributed by atoms with Crippen LogP contribution in [0.5, 0.6) is 5.75 Å². The van der Waals surface area contributed by atoms with Crippen LogP contribution in [0.15, 0.2) is 54.7 Å². The lowest BCUT2D eigenvalue weighted by Gasteiger charge is -2.18. The summed E-state index contributed by atoms with van der Waals surface area (Å²) < 4.78 is 46.6. The number of alkyl halides is 3. The lowest BCUT2D eigenvalue weighted by Crippen LogP contribution is -2.13. The summed E-state index contributed by atoms with van der Waals surface area (Å²) in [6.07, 6.45) is 0.711. The van der Waals surface area contributed by atoms with Crippen LogP contribution < -0.4 is 15.4 Å². The second-order valence-electron chi connectivity index (χ2n) is 8.38. The highest BCUT2D eigenvalue weighted by atomic mass is 19.4. The Morgan fingerprint density at radius 1 is 0.941 bits per heavy atom. The van der Waals surface area contributed by atoms with Gasteiger partial charge in [0.2, 0.25) is 5.95 Å². The third-order valence-electron chi connectivity index (χ3n) is 5.31. The number of hydrogen-bond acceptors (Lipinski definition) is 5. The molecule has 0 aliphatic rings. The Morgan fingerprint density at radius 2 is 1.68 bits per heavy atom. The molecule has 34 heavy (non-hydrogen) atoms. The predicted molar refractivity (Wildman–Crippen MR) is 130 cm³/mol. The number of halogens is 3. The molecule has 2 N–H and O–H groups in total. The Kier molecular flexibility index (Phi) is 8.73. The highest BCUT2D eigenvalue weighted by Gasteiger charge is 2.35. The van der Waals surface area contributed by atoms with Crippen molar-refractivity contribution in [3.05, 3.63) is 65.9 Å². The SMILES string of the molecule is CCCCCCOc1ccc(Nc2ncc(C(F)(F)F)c(Nc3ccccc3C(C)C)n2)cc1. The number of rotatable bonds is 11. The molecule has 0 aliphatic heterocycles. The van der Waals surface area contributed by atoms with Gasteiger partial charge in [0.05, 0.1) is 6.61 Å². The molecule has 3 rings (SSSR count). The number of nitrogens with zero attached hydrogens (tertiary/aromatic N) is 2. The molecule has 0 unspecified atom stereocenters. The number of unbranched alkanes of at least 4 members (excludes halogenated alkanes) is 3. The van der Waals surface area contributed by atoms with Crippen LogP contribution in [0.2, 0.25) is 0 Å². The van der Waals surface area contributed by atoms with Crippen LogP contribution in [0.1, 0.15) is 63.5 Å². The molecule has 5 nitrogen and oxygen atoms in total. The molecular formula is C26H31F3N4O. The molecule has 182 valence electrons. The van der Waals surface area contributed by atoms with Gasteiger partial charge in [-0.25, -0.2) is 4.98 Å². The molecule has 1 aromatic heterocycles. The van der Waals surface area contributed by atoms with Crippen molar-refractivity contribution >= 4 is 23.1 Å². The summed E-state index contributed by atoms with van der Waals surface area (Å²) >= 11 is 0. The summed E-state index contributed by atoms with van der Waals surface area (Å²) in [4.78, 5) is 8.03. The number of anilines is 4. The van der Waals surface area contributed by atoms with Gasteiger partial charge in [0.15, 0.2) is 0 Å². The normalized spacial score (nSPS) is 11.5. The van der Waals surface area contributed by atoms with Gasteiger partial charge in [-0.3, -0.25) is 0 Å². The highest BCUT2D eigenvalue weighted by molar-refractivity contribution is 5.66. The number of ether oxygens (including phenoxy) is 1. The van der Waals surface area contributed by atoms with Gasteiger partial charge in [-0.05, 0) is 48.2 Å². The largest absolute Gasteiger partial charge is 0.494 e. The summed E-state index contributed by atoms with van der Waals surface area (Å²) in [5.74, 6) is 0.628.